The van der Waals surface area contributed by atoms with Crippen LogP contribution in [0.15, 0.2) is 0 Å². The van der Waals surface area contributed by atoms with E-state index in [0.29, 0.717) is 0 Å². The highest BCUT2D eigenvalue weighted by Gasteiger charge is 2.26. The average molecular weight is 167 g/mol. The van der Waals surface area contributed by atoms with Gasteiger partial charge in [-0.1, -0.05) is 6.42 Å². The minimum atomic E-state index is 0.793. The summed E-state index contributed by atoms with van der Waals surface area (Å²) in [4.78, 5) is 0. The minimum Gasteiger partial charge on any atom is -0.291 e. The molecule has 12 heavy (non-hydrogen) atoms. The van der Waals surface area contributed by atoms with Crippen molar-refractivity contribution in [3.63, 3.8) is 0 Å². The molecular formula is C10H19N2+. The van der Waals surface area contributed by atoms with Gasteiger partial charge in [0.2, 0.25) is 5.84 Å². The van der Waals surface area contributed by atoms with Crippen molar-refractivity contribution in [3.8, 4) is 0 Å². The maximum atomic E-state index is 5.95. The summed E-state index contributed by atoms with van der Waals surface area (Å²) in [6, 6.07) is 0.793. The lowest BCUT2D eigenvalue weighted by molar-refractivity contribution is -0.563. The van der Waals surface area contributed by atoms with Gasteiger partial charge in [-0.25, -0.2) is 0 Å². The van der Waals surface area contributed by atoms with E-state index in [-0.39, 0.29) is 0 Å². The van der Waals surface area contributed by atoms with Crippen LogP contribution in [-0.2, 0) is 0 Å². The van der Waals surface area contributed by atoms with Gasteiger partial charge in [0, 0.05) is 0 Å². The van der Waals surface area contributed by atoms with Crippen LogP contribution in [0.2, 0.25) is 0 Å². The second-order valence-electron chi connectivity index (χ2n) is 4.08. The molecule has 2 rings (SSSR count). The lowest BCUT2D eigenvalue weighted by Gasteiger charge is -2.21. The van der Waals surface area contributed by atoms with Gasteiger partial charge in [-0.3, -0.25) is 10.3 Å². The number of nitrogens with zero attached hydrogens (tertiary/aromatic N) is 1. The number of amidine groups is 1. The monoisotopic (exact) mass is 167 g/mol. The molecule has 0 saturated heterocycles. The third-order valence-corrected chi connectivity index (χ3v) is 3.22. The summed E-state index contributed by atoms with van der Waals surface area (Å²) < 4.78 is 2.46. The molecule has 0 bridgehead atoms. The third-order valence-electron chi connectivity index (χ3n) is 3.22. The molecule has 0 spiro atoms. The lowest BCUT2D eigenvalue weighted by Crippen LogP contribution is -2.33. The first-order valence-corrected chi connectivity index (χ1v) is 5.26. The predicted molar refractivity (Wildman–Crippen MR) is 50.4 cm³/mol. The number of hydrogen-bond acceptors (Lipinski definition) is 1. The van der Waals surface area contributed by atoms with Crippen LogP contribution in [0.3, 0.4) is 0 Å². The summed E-state index contributed by atoms with van der Waals surface area (Å²) in [6.07, 6.45) is 9.42. The Hall–Kier alpha value is -0.530. The molecule has 2 N–H and O–H groups in total. The second-order valence-corrected chi connectivity index (χ2v) is 4.08. The van der Waals surface area contributed by atoms with Crippen molar-refractivity contribution < 1.29 is 4.58 Å². The Bertz CT molecular complexity index is 190. The Kier molecular flexibility index (Phi) is 2.33. The van der Waals surface area contributed by atoms with Gasteiger partial charge in [0.1, 0.15) is 0 Å². The van der Waals surface area contributed by atoms with Crippen LogP contribution in [0.4, 0.5) is 0 Å². The van der Waals surface area contributed by atoms with Gasteiger partial charge < -0.3 is 0 Å². The van der Waals surface area contributed by atoms with E-state index in [2.05, 4.69) is 4.58 Å². The number of hydrogen-bond donors (Lipinski definition) is 1. The van der Waals surface area contributed by atoms with E-state index in [1.54, 1.807) is 0 Å². The molecule has 0 unspecified atom stereocenters. The molecule has 0 radical (unpaired) electrons. The SMILES string of the molecule is NC1=[N+](C2CCCCC2)CCC1. The van der Waals surface area contributed by atoms with Gasteiger partial charge in [-0.2, -0.15) is 0 Å². The fourth-order valence-electron chi connectivity index (χ4n) is 2.53. The van der Waals surface area contributed by atoms with Gasteiger partial charge in [0.25, 0.3) is 0 Å². The number of nitrogens with two attached hydrogens (primary N) is 1. The van der Waals surface area contributed by atoms with Crippen molar-refractivity contribution in [1.82, 2.24) is 0 Å². The molecule has 1 saturated carbocycles. The lowest BCUT2D eigenvalue weighted by atomic mass is 9.95. The molecular weight excluding hydrogens is 148 g/mol. The van der Waals surface area contributed by atoms with Crippen molar-refractivity contribution in [1.29, 1.82) is 0 Å². The fraction of sp³-hybridized carbons (Fsp3) is 0.900. The van der Waals surface area contributed by atoms with Crippen LogP contribution in [0.25, 0.3) is 0 Å². The zero-order chi connectivity index (χ0) is 8.39. The van der Waals surface area contributed by atoms with Crippen LogP contribution in [0.5, 0.6) is 0 Å². The Morgan fingerprint density at radius 1 is 1.08 bits per heavy atom. The minimum absolute atomic E-state index is 0.793. The Morgan fingerprint density at radius 2 is 1.83 bits per heavy atom. The van der Waals surface area contributed by atoms with Crippen LogP contribution in [-0.4, -0.2) is 23.0 Å². The summed E-state index contributed by atoms with van der Waals surface area (Å²) in [5.41, 5.74) is 5.95. The van der Waals surface area contributed by atoms with Crippen molar-refractivity contribution in [2.45, 2.75) is 51.0 Å². The van der Waals surface area contributed by atoms with Gasteiger partial charge in [-0.15, -0.1) is 0 Å². The summed E-state index contributed by atoms with van der Waals surface area (Å²) in [5.74, 6) is 1.15. The van der Waals surface area contributed by atoms with Crippen LogP contribution < -0.4 is 5.73 Å². The van der Waals surface area contributed by atoms with Crippen LogP contribution >= 0.6 is 0 Å². The summed E-state index contributed by atoms with van der Waals surface area (Å²) in [7, 11) is 0. The van der Waals surface area contributed by atoms with Crippen LogP contribution in [0.1, 0.15) is 44.9 Å². The maximum absolute atomic E-state index is 5.95. The largest absolute Gasteiger partial charge is 0.291 e. The second kappa shape index (κ2) is 3.46. The molecule has 0 aromatic carbocycles. The van der Waals surface area contributed by atoms with E-state index in [1.165, 1.54) is 45.1 Å². The molecule has 1 aliphatic carbocycles. The van der Waals surface area contributed by atoms with E-state index in [1.807, 2.05) is 0 Å². The van der Waals surface area contributed by atoms with Gasteiger partial charge >= 0.3 is 0 Å². The molecule has 0 aromatic rings. The summed E-state index contributed by atoms with van der Waals surface area (Å²) in [5, 5.41) is 0. The van der Waals surface area contributed by atoms with Gasteiger partial charge in [-0.05, 0) is 32.1 Å². The zero-order valence-corrected chi connectivity index (χ0v) is 7.76. The molecule has 1 heterocycles. The molecule has 68 valence electrons. The molecule has 0 atom stereocenters. The first-order valence-electron chi connectivity index (χ1n) is 5.26. The van der Waals surface area contributed by atoms with E-state index in [4.69, 9.17) is 5.73 Å². The van der Waals surface area contributed by atoms with Crippen molar-refractivity contribution in [2.24, 2.45) is 5.73 Å². The van der Waals surface area contributed by atoms with Crippen molar-refractivity contribution in [2.75, 3.05) is 6.54 Å². The first-order chi connectivity index (χ1) is 5.88. The van der Waals surface area contributed by atoms with Crippen molar-refractivity contribution in [3.05, 3.63) is 0 Å². The predicted octanol–water partition coefficient (Wildman–Crippen LogP) is 1.48. The molecule has 2 heteroatoms. The van der Waals surface area contributed by atoms with E-state index < -0.39 is 0 Å². The van der Waals surface area contributed by atoms with Crippen molar-refractivity contribution >= 4 is 5.84 Å². The number of rotatable bonds is 1. The third kappa shape index (κ3) is 1.47. The average Bonchev–Trinajstić information content (AvgIpc) is 2.53. The highest BCUT2D eigenvalue weighted by atomic mass is 15.1. The topological polar surface area (TPSA) is 29.0 Å². The Balaban J connectivity index is 2.02. The molecule has 1 fully saturated rings. The Morgan fingerprint density at radius 3 is 2.42 bits per heavy atom. The van der Waals surface area contributed by atoms with Crippen LogP contribution in [0, 0.1) is 0 Å². The first kappa shape index (κ1) is 8.09. The molecule has 0 aromatic heterocycles. The zero-order valence-electron chi connectivity index (χ0n) is 7.76. The summed E-state index contributed by atoms with van der Waals surface area (Å²) in [6.45, 7) is 1.22. The van der Waals surface area contributed by atoms with E-state index >= 15 is 0 Å². The molecule has 1 aliphatic heterocycles. The smallest absolute Gasteiger partial charge is 0.242 e. The van der Waals surface area contributed by atoms with Gasteiger partial charge in [0.15, 0.2) is 0 Å². The highest BCUT2D eigenvalue weighted by Crippen LogP contribution is 2.22. The highest BCUT2D eigenvalue weighted by molar-refractivity contribution is 5.76. The van der Waals surface area contributed by atoms with Gasteiger partial charge in [0.05, 0.1) is 19.0 Å². The summed E-state index contributed by atoms with van der Waals surface area (Å²) >= 11 is 0. The maximum Gasteiger partial charge on any atom is 0.242 e. The normalized spacial score (nSPS) is 26.7. The fourth-order valence-corrected chi connectivity index (χ4v) is 2.53. The standard InChI is InChI=1S/C10H18N2/c11-10-7-4-8-12(10)9-5-2-1-3-6-9/h9,11H,1-8H2/p+1. The molecule has 2 aliphatic rings. The molecule has 0 amide bonds. The quantitative estimate of drug-likeness (QED) is 0.589. The van der Waals surface area contributed by atoms with E-state index in [9.17, 15) is 0 Å². The molecule has 2 nitrogen and oxygen atoms in total. The van der Waals surface area contributed by atoms with E-state index in [0.717, 1.165) is 18.3 Å². The Labute approximate surface area is 74.5 Å².